The van der Waals surface area contributed by atoms with E-state index in [2.05, 4.69) is 172 Å². The fraction of sp³-hybridized carbons (Fsp3) is 0.111. The number of rotatable bonds is 8. The fourth-order valence-corrected chi connectivity index (χ4v) is 7.15. The maximum Gasteiger partial charge on any atom is 0.0588 e. The van der Waals surface area contributed by atoms with Gasteiger partial charge in [-0.1, -0.05) is 97.7 Å². The highest BCUT2D eigenvalue weighted by molar-refractivity contribution is 6.39. The van der Waals surface area contributed by atoms with Crippen molar-refractivity contribution in [3.8, 4) is 0 Å². The Balaban J connectivity index is 1.66. The van der Waals surface area contributed by atoms with Crippen LogP contribution in [0, 0.1) is 0 Å². The first-order valence-corrected chi connectivity index (χ1v) is 16.7. The zero-order chi connectivity index (χ0) is 33.4. The molecule has 3 aromatic heterocycles. The normalized spacial score (nSPS) is 14.1. The Kier molecular flexibility index (Phi) is 8.20. The molecule has 0 aliphatic heterocycles. The lowest BCUT2D eigenvalue weighted by Crippen LogP contribution is -1.82. The largest absolute Gasteiger partial charge is 0.354 e. The van der Waals surface area contributed by atoms with Gasteiger partial charge in [0.25, 0.3) is 0 Å². The summed E-state index contributed by atoms with van der Waals surface area (Å²) in [6.07, 6.45) is 25.2. The van der Waals surface area contributed by atoms with Gasteiger partial charge >= 0.3 is 0 Å². The Bertz CT molecular complexity index is 2610. The SMILES string of the molecule is C=C/C=C\C(=C/C)c1ccc2[nH]c3c(c2c1)c1[nH]c2ccc(C(/C=C\C)=C/C)cc2c1c1[nH]c2ccc(C(/C=C\C)=C/C=C\C)cc2c13. The third-order valence-corrected chi connectivity index (χ3v) is 9.34. The highest BCUT2D eigenvalue weighted by atomic mass is 14.8. The zero-order valence-corrected chi connectivity index (χ0v) is 28.3. The van der Waals surface area contributed by atoms with Crippen molar-refractivity contribution in [2.24, 2.45) is 0 Å². The maximum absolute atomic E-state index is 3.88. The number of nitrogens with one attached hydrogen (secondary N) is 3. The van der Waals surface area contributed by atoms with Gasteiger partial charge < -0.3 is 15.0 Å². The molecule has 3 N–H and O–H groups in total. The van der Waals surface area contributed by atoms with E-state index in [9.17, 15) is 0 Å². The van der Waals surface area contributed by atoms with E-state index in [0.717, 1.165) is 38.7 Å². The average molecular weight is 624 g/mol. The predicted molar refractivity (Wildman–Crippen MR) is 214 cm³/mol. The molecular weight excluding hydrogens is 583 g/mol. The van der Waals surface area contributed by atoms with Gasteiger partial charge in [-0.2, -0.15) is 0 Å². The van der Waals surface area contributed by atoms with Crippen LogP contribution in [0.5, 0.6) is 0 Å². The van der Waals surface area contributed by atoms with E-state index in [1.165, 1.54) is 60.2 Å². The Morgan fingerprint density at radius 2 is 0.917 bits per heavy atom. The summed E-state index contributed by atoms with van der Waals surface area (Å²) in [7, 11) is 0. The third kappa shape index (κ3) is 5.00. The molecule has 0 amide bonds. The summed E-state index contributed by atoms with van der Waals surface area (Å²) in [4.78, 5) is 11.6. The first-order valence-electron chi connectivity index (χ1n) is 16.7. The van der Waals surface area contributed by atoms with Crippen LogP contribution < -0.4 is 0 Å². The van der Waals surface area contributed by atoms with E-state index in [0.29, 0.717) is 0 Å². The second kappa shape index (κ2) is 12.8. The highest BCUT2D eigenvalue weighted by Gasteiger charge is 2.22. The van der Waals surface area contributed by atoms with Gasteiger partial charge in [0, 0.05) is 48.9 Å². The lowest BCUT2D eigenvalue weighted by molar-refractivity contribution is 1.54. The molecule has 0 fully saturated rings. The Hall–Kier alpha value is -5.80. The number of aromatic nitrogens is 3. The summed E-state index contributed by atoms with van der Waals surface area (Å²) in [6, 6.07) is 20.3. The molecule has 0 unspecified atom stereocenters. The molecule has 0 spiro atoms. The summed E-state index contributed by atoms with van der Waals surface area (Å²) < 4.78 is 0. The Morgan fingerprint density at radius 3 is 1.31 bits per heavy atom. The molecule has 3 heterocycles. The van der Waals surface area contributed by atoms with E-state index in [1.54, 1.807) is 0 Å². The molecule has 7 rings (SSSR count). The van der Waals surface area contributed by atoms with Crippen LogP contribution in [0.4, 0.5) is 0 Å². The number of hydrogen-bond donors (Lipinski definition) is 3. The van der Waals surface area contributed by atoms with Crippen LogP contribution in [0.25, 0.3) is 82.1 Å². The van der Waals surface area contributed by atoms with Crippen molar-refractivity contribution in [2.75, 3.05) is 0 Å². The lowest BCUT2D eigenvalue weighted by Gasteiger charge is -2.05. The van der Waals surface area contributed by atoms with E-state index >= 15 is 0 Å². The highest BCUT2D eigenvalue weighted by Crippen LogP contribution is 2.45. The van der Waals surface area contributed by atoms with Crippen LogP contribution in [0.15, 0.2) is 134 Å². The quantitative estimate of drug-likeness (QED) is 0.141. The van der Waals surface area contributed by atoms with Gasteiger partial charge in [0.2, 0.25) is 0 Å². The molecule has 48 heavy (non-hydrogen) atoms. The first-order chi connectivity index (χ1) is 23.5. The Labute approximate surface area is 281 Å². The summed E-state index contributed by atoms with van der Waals surface area (Å²) in [5, 5.41) is 7.24. The molecule has 4 aromatic carbocycles. The first kappa shape index (κ1) is 30.8. The van der Waals surface area contributed by atoms with Crippen molar-refractivity contribution in [1.29, 1.82) is 0 Å². The molecule has 0 bridgehead atoms. The second-order valence-electron chi connectivity index (χ2n) is 12.1. The van der Waals surface area contributed by atoms with Crippen molar-refractivity contribution in [1.82, 2.24) is 15.0 Å². The summed E-state index contributed by atoms with van der Waals surface area (Å²) in [5.41, 5.74) is 13.9. The van der Waals surface area contributed by atoms with Crippen molar-refractivity contribution < 1.29 is 0 Å². The molecule has 0 saturated carbocycles. The second-order valence-corrected chi connectivity index (χ2v) is 12.1. The van der Waals surface area contributed by atoms with Gasteiger partial charge in [-0.3, -0.25) is 0 Å². The topological polar surface area (TPSA) is 47.4 Å². The van der Waals surface area contributed by atoms with Crippen molar-refractivity contribution in [3.05, 3.63) is 151 Å². The molecule has 3 nitrogen and oxygen atoms in total. The molecule has 236 valence electrons. The molecule has 0 aliphatic rings. The third-order valence-electron chi connectivity index (χ3n) is 9.34. The number of allylic oxidation sites excluding steroid dienone is 15. The van der Waals surface area contributed by atoms with Crippen LogP contribution in [0.1, 0.15) is 51.3 Å². The minimum absolute atomic E-state index is 1.11. The van der Waals surface area contributed by atoms with Crippen molar-refractivity contribution >= 4 is 82.1 Å². The number of benzene rings is 4. The van der Waals surface area contributed by atoms with Crippen molar-refractivity contribution in [2.45, 2.75) is 34.6 Å². The minimum atomic E-state index is 1.11. The number of aromatic amines is 3. The average Bonchev–Trinajstić information content (AvgIpc) is 3.79. The van der Waals surface area contributed by atoms with Crippen LogP contribution in [0.3, 0.4) is 0 Å². The van der Waals surface area contributed by atoms with Crippen LogP contribution >= 0.6 is 0 Å². The van der Waals surface area contributed by atoms with Crippen LogP contribution in [-0.4, -0.2) is 15.0 Å². The molecular formula is C45H41N3. The summed E-state index contributed by atoms with van der Waals surface area (Å²) >= 11 is 0. The molecule has 0 saturated heterocycles. The van der Waals surface area contributed by atoms with Gasteiger partial charge in [0.1, 0.15) is 0 Å². The van der Waals surface area contributed by atoms with E-state index in [1.807, 2.05) is 12.2 Å². The molecule has 0 radical (unpaired) electrons. The number of fused-ring (bicyclic) bond motifs is 12. The monoisotopic (exact) mass is 623 g/mol. The molecule has 0 aliphatic carbocycles. The smallest absolute Gasteiger partial charge is 0.0588 e. The molecule has 7 aromatic rings. The summed E-state index contributed by atoms with van der Waals surface area (Å²) in [6.45, 7) is 14.3. The van der Waals surface area contributed by atoms with Crippen molar-refractivity contribution in [3.63, 3.8) is 0 Å². The van der Waals surface area contributed by atoms with Gasteiger partial charge in [-0.15, -0.1) is 0 Å². The maximum atomic E-state index is 3.88. The predicted octanol–water partition coefficient (Wildman–Crippen LogP) is 13.3. The lowest BCUT2D eigenvalue weighted by atomic mass is 9.97. The van der Waals surface area contributed by atoms with Gasteiger partial charge in [0.05, 0.1) is 16.6 Å². The van der Waals surface area contributed by atoms with E-state index in [4.69, 9.17) is 0 Å². The standard InChI is InChI=1S/C45H41N3/c1-7-13-17-29(12-6)32-20-23-38-35(26-32)41-43-40(34-25-31(19-22-37(34)46-43)28(11-5)15-9-3)44-42(45(41)47-38)36-27-33(21-24-39(36)48-44)30(16-10-4)18-14-8-2/h7-27,46-48H,1H2,2-6H3/b14-8-,15-9-,16-10-,17-13-,28-11+,29-12+,30-18+. The molecule has 0 atom stereocenters. The number of H-pyrrole nitrogens is 3. The molecule has 3 heteroatoms. The van der Waals surface area contributed by atoms with Gasteiger partial charge in [-0.25, -0.2) is 0 Å². The van der Waals surface area contributed by atoms with E-state index in [-0.39, 0.29) is 0 Å². The van der Waals surface area contributed by atoms with Crippen LogP contribution in [0.2, 0.25) is 0 Å². The Morgan fingerprint density at radius 1 is 0.500 bits per heavy atom. The van der Waals surface area contributed by atoms with Gasteiger partial charge in [-0.05, 0) is 104 Å². The van der Waals surface area contributed by atoms with Gasteiger partial charge in [0.15, 0.2) is 0 Å². The summed E-state index contributed by atoms with van der Waals surface area (Å²) in [5.74, 6) is 0. The number of hydrogen-bond acceptors (Lipinski definition) is 0. The van der Waals surface area contributed by atoms with Crippen LogP contribution in [-0.2, 0) is 0 Å². The minimum Gasteiger partial charge on any atom is -0.354 e. The fourth-order valence-electron chi connectivity index (χ4n) is 7.15. The zero-order valence-electron chi connectivity index (χ0n) is 28.3. The van der Waals surface area contributed by atoms with E-state index < -0.39 is 0 Å².